The highest BCUT2D eigenvalue weighted by Crippen LogP contribution is 2.43. The third-order valence-corrected chi connectivity index (χ3v) is 17.4. The molecule has 1 aliphatic carbocycles. The SMILES string of the molecule is c1ccc(-n2c3ccccc3c3cc(-c4cccc(-n5c6ccccc6c6ccccc65)c4)ccc32)cc1.c1ccc2c(c1)Cc1ccc(-c3cc(-n4c5ccccc5c5ccccc54)cc(-n4c5ccccc5c5ccccc54)c3)cc1-2. The van der Waals surface area contributed by atoms with Gasteiger partial charge in [-0.2, -0.15) is 0 Å². The van der Waals surface area contributed by atoms with Crippen molar-refractivity contribution in [3.8, 4) is 56.1 Å². The lowest BCUT2D eigenvalue weighted by molar-refractivity contribution is 1.13. The third kappa shape index (κ3) is 7.47. The summed E-state index contributed by atoms with van der Waals surface area (Å²) in [5.74, 6) is 0. The molecule has 1 aliphatic rings. The Morgan fingerprint density at radius 3 is 1.05 bits per heavy atom. The van der Waals surface area contributed by atoms with Gasteiger partial charge in [0.1, 0.15) is 0 Å². The molecule has 0 bridgehead atoms. The molecule has 0 saturated heterocycles. The molecule has 388 valence electrons. The van der Waals surface area contributed by atoms with E-state index in [-0.39, 0.29) is 0 Å². The van der Waals surface area contributed by atoms with E-state index in [2.05, 4.69) is 322 Å². The number of aromatic nitrogens is 4. The minimum Gasteiger partial charge on any atom is -0.309 e. The Labute approximate surface area is 479 Å². The molecular formula is C79H52N4. The fourth-order valence-corrected chi connectivity index (χ4v) is 13.8. The molecule has 0 N–H and O–H groups in total. The molecule has 18 rings (SSSR count). The van der Waals surface area contributed by atoms with Crippen molar-refractivity contribution in [2.45, 2.75) is 6.42 Å². The summed E-state index contributed by atoms with van der Waals surface area (Å²) >= 11 is 0. The molecule has 83 heavy (non-hydrogen) atoms. The highest BCUT2D eigenvalue weighted by Gasteiger charge is 2.22. The number of rotatable bonds is 6. The van der Waals surface area contributed by atoms with Gasteiger partial charge in [0.05, 0.1) is 44.1 Å². The Morgan fingerprint density at radius 2 is 0.530 bits per heavy atom. The predicted octanol–water partition coefficient (Wildman–Crippen LogP) is 20.7. The molecule has 4 aromatic heterocycles. The van der Waals surface area contributed by atoms with Gasteiger partial charge in [-0.05, 0) is 154 Å². The largest absolute Gasteiger partial charge is 0.309 e. The van der Waals surface area contributed by atoms with Crippen LogP contribution in [0.3, 0.4) is 0 Å². The molecule has 4 heterocycles. The summed E-state index contributed by atoms with van der Waals surface area (Å²) < 4.78 is 9.62. The van der Waals surface area contributed by atoms with E-state index in [1.165, 1.54) is 143 Å². The van der Waals surface area contributed by atoms with Crippen LogP contribution in [-0.4, -0.2) is 18.3 Å². The molecule has 4 nitrogen and oxygen atoms in total. The van der Waals surface area contributed by atoms with E-state index in [9.17, 15) is 0 Å². The minimum atomic E-state index is 1.000. The molecule has 0 fully saturated rings. The van der Waals surface area contributed by atoms with E-state index in [0.717, 1.165) is 17.8 Å². The average Bonchev–Trinajstić information content (AvgIpc) is 4.54. The Bertz CT molecular complexity index is 5140. The molecule has 0 spiro atoms. The minimum absolute atomic E-state index is 1.000. The van der Waals surface area contributed by atoms with Crippen molar-refractivity contribution in [1.82, 2.24) is 18.3 Å². The zero-order valence-electron chi connectivity index (χ0n) is 45.4. The Balaban J connectivity index is 0.000000133. The van der Waals surface area contributed by atoms with Gasteiger partial charge < -0.3 is 18.3 Å². The van der Waals surface area contributed by atoms with Crippen LogP contribution in [0.4, 0.5) is 0 Å². The van der Waals surface area contributed by atoms with Crippen molar-refractivity contribution in [2.24, 2.45) is 0 Å². The smallest absolute Gasteiger partial charge is 0.0541 e. The number of benzene rings is 13. The average molecular weight is 1060 g/mol. The summed E-state index contributed by atoms with van der Waals surface area (Å²) in [7, 11) is 0. The second-order valence-corrected chi connectivity index (χ2v) is 22.0. The third-order valence-electron chi connectivity index (χ3n) is 17.4. The zero-order valence-corrected chi connectivity index (χ0v) is 45.4. The van der Waals surface area contributed by atoms with E-state index >= 15 is 0 Å². The van der Waals surface area contributed by atoms with Gasteiger partial charge in [0.15, 0.2) is 0 Å². The fourth-order valence-electron chi connectivity index (χ4n) is 13.8. The summed E-state index contributed by atoms with van der Waals surface area (Å²) in [4.78, 5) is 0. The van der Waals surface area contributed by atoms with E-state index in [1.54, 1.807) is 0 Å². The first-order chi connectivity index (χ1) is 41.2. The summed E-state index contributed by atoms with van der Waals surface area (Å²) in [6.45, 7) is 0. The van der Waals surface area contributed by atoms with Crippen molar-refractivity contribution in [3.05, 3.63) is 314 Å². The van der Waals surface area contributed by atoms with Crippen molar-refractivity contribution in [3.63, 3.8) is 0 Å². The number of para-hydroxylation sites is 8. The van der Waals surface area contributed by atoms with E-state index in [1.807, 2.05) is 0 Å². The first-order valence-corrected chi connectivity index (χ1v) is 28.7. The summed E-state index contributed by atoms with van der Waals surface area (Å²) in [5, 5.41) is 10.2. The lowest BCUT2D eigenvalue weighted by Crippen LogP contribution is -2.00. The number of hydrogen-bond acceptors (Lipinski definition) is 0. The summed E-state index contributed by atoms with van der Waals surface area (Å²) in [5.41, 5.74) is 24.8. The maximum Gasteiger partial charge on any atom is 0.0541 e. The normalized spacial score (nSPS) is 12.0. The van der Waals surface area contributed by atoms with Crippen LogP contribution < -0.4 is 0 Å². The summed E-state index contributed by atoms with van der Waals surface area (Å²) in [6, 6.07) is 111. The van der Waals surface area contributed by atoms with Gasteiger partial charge in [-0.3, -0.25) is 0 Å². The van der Waals surface area contributed by atoms with Crippen molar-refractivity contribution in [2.75, 3.05) is 0 Å². The quantitative estimate of drug-likeness (QED) is 0.158. The Hall–Kier alpha value is -10.9. The topological polar surface area (TPSA) is 19.7 Å². The van der Waals surface area contributed by atoms with Crippen LogP contribution in [-0.2, 0) is 6.42 Å². The molecule has 0 radical (unpaired) electrons. The van der Waals surface area contributed by atoms with E-state index in [0.29, 0.717) is 0 Å². The fraction of sp³-hybridized carbons (Fsp3) is 0.0127. The van der Waals surface area contributed by atoms with Gasteiger partial charge in [-0.1, -0.05) is 200 Å². The van der Waals surface area contributed by atoms with Gasteiger partial charge in [-0.15, -0.1) is 0 Å². The molecule has 0 atom stereocenters. The number of hydrogen-bond donors (Lipinski definition) is 0. The highest BCUT2D eigenvalue weighted by atomic mass is 15.0. The Kier molecular flexibility index (Phi) is 10.7. The molecule has 17 aromatic rings. The first-order valence-electron chi connectivity index (χ1n) is 28.7. The molecular weight excluding hydrogens is 1000 g/mol. The van der Waals surface area contributed by atoms with Crippen LogP contribution in [0.1, 0.15) is 11.1 Å². The predicted molar refractivity (Wildman–Crippen MR) is 349 cm³/mol. The van der Waals surface area contributed by atoms with Crippen LogP contribution in [0.5, 0.6) is 0 Å². The lowest BCUT2D eigenvalue weighted by Gasteiger charge is -2.16. The van der Waals surface area contributed by atoms with Crippen molar-refractivity contribution >= 4 is 87.2 Å². The molecule has 0 aliphatic heterocycles. The second kappa shape index (κ2) is 18.8. The van der Waals surface area contributed by atoms with Crippen molar-refractivity contribution in [1.29, 1.82) is 0 Å². The second-order valence-electron chi connectivity index (χ2n) is 22.0. The van der Waals surface area contributed by atoms with Crippen LogP contribution in [0.15, 0.2) is 303 Å². The molecule has 0 amide bonds. The monoisotopic (exact) mass is 1060 g/mol. The van der Waals surface area contributed by atoms with Crippen LogP contribution in [0, 0.1) is 0 Å². The first kappa shape index (κ1) is 46.9. The van der Waals surface area contributed by atoms with Gasteiger partial charge in [0.2, 0.25) is 0 Å². The van der Waals surface area contributed by atoms with Crippen LogP contribution in [0.25, 0.3) is 143 Å². The molecule has 13 aromatic carbocycles. The summed E-state index contributed by atoms with van der Waals surface area (Å²) in [6.07, 6.45) is 1.000. The van der Waals surface area contributed by atoms with Gasteiger partial charge in [0, 0.05) is 65.8 Å². The number of fused-ring (bicyclic) bond motifs is 15. The van der Waals surface area contributed by atoms with Crippen LogP contribution >= 0.6 is 0 Å². The molecule has 4 heteroatoms. The van der Waals surface area contributed by atoms with Crippen molar-refractivity contribution < 1.29 is 0 Å². The zero-order chi connectivity index (χ0) is 54.5. The van der Waals surface area contributed by atoms with Gasteiger partial charge >= 0.3 is 0 Å². The Morgan fingerprint density at radius 1 is 0.181 bits per heavy atom. The number of nitrogens with zero attached hydrogens (tertiary/aromatic N) is 4. The standard InChI is InChI=1S/C43H28N2.C36H24N2/c1-2-12-34-29(11-1)23-30-22-21-28(26-39(30)34)31-24-32(44-40-17-7-3-13-35(40)36-14-4-8-18-41(36)44)27-33(25-31)45-42-19-9-5-15-37(42)38-16-6-10-20-43(38)45;1-2-12-27(13-3-1)37-35-20-9-6-17-31(35)32-24-26(21-22-36(32)37)25-11-10-14-28(23-25)38-33-18-7-4-15-29(33)30-16-5-8-19-34(30)38/h1-22,24-27H,23H2;1-24H. The van der Waals surface area contributed by atoms with Gasteiger partial charge in [-0.25, -0.2) is 0 Å². The highest BCUT2D eigenvalue weighted by molar-refractivity contribution is 6.13. The molecule has 0 unspecified atom stereocenters. The maximum absolute atomic E-state index is 2.44. The maximum atomic E-state index is 2.44. The van der Waals surface area contributed by atoms with Crippen LogP contribution in [0.2, 0.25) is 0 Å². The lowest BCUT2D eigenvalue weighted by atomic mass is 9.97. The molecule has 0 saturated carbocycles. The van der Waals surface area contributed by atoms with Gasteiger partial charge in [0.25, 0.3) is 0 Å². The van der Waals surface area contributed by atoms with E-state index < -0.39 is 0 Å². The van der Waals surface area contributed by atoms with E-state index in [4.69, 9.17) is 0 Å².